The summed E-state index contributed by atoms with van der Waals surface area (Å²) in [6.07, 6.45) is 2.29. The van der Waals surface area contributed by atoms with Crippen molar-refractivity contribution < 1.29 is 0 Å². The van der Waals surface area contributed by atoms with E-state index < -0.39 is 0 Å². The van der Waals surface area contributed by atoms with Crippen LogP contribution in [0.4, 0.5) is 0 Å². The zero-order valence-corrected chi connectivity index (χ0v) is 5.13. The third kappa shape index (κ3) is 1.70. The van der Waals surface area contributed by atoms with Crippen molar-refractivity contribution in [2.24, 2.45) is 5.73 Å². The highest BCUT2D eigenvalue weighted by atomic mass is 32.2. The molecule has 2 N–H and O–H groups in total. The quantitative estimate of drug-likeness (QED) is 0.511. The van der Waals surface area contributed by atoms with Gasteiger partial charge in [0.25, 0.3) is 0 Å². The van der Waals surface area contributed by atoms with Crippen LogP contribution in [-0.2, 0) is 0 Å². The molecule has 0 aliphatic carbocycles. The molecule has 0 unspecified atom stereocenters. The summed E-state index contributed by atoms with van der Waals surface area (Å²) in [5.41, 5.74) is 5.54. The number of hydrogen-bond acceptors (Lipinski definition) is 2. The van der Waals surface area contributed by atoms with Crippen LogP contribution in [0.5, 0.6) is 0 Å². The molecular formula is C5H10NS. The van der Waals surface area contributed by atoms with Gasteiger partial charge in [-0.25, -0.2) is 0 Å². The minimum absolute atomic E-state index is 1.14. The summed E-state index contributed by atoms with van der Waals surface area (Å²) >= 11 is 2.00. The average Bonchev–Trinajstić information content (AvgIpc) is 1.69. The maximum Gasteiger partial charge on any atom is 0.0353 e. The van der Waals surface area contributed by atoms with E-state index in [1.807, 2.05) is 11.8 Å². The van der Waals surface area contributed by atoms with E-state index in [0.717, 1.165) is 12.8 Å². The number of rotatable bonds is 0. The average molecular weight is 116 g/mol. The lowest BCUT2D eigenvalue weighted by atomic mass is 10.2. The molecule has 0 aromatic carbocycles. The Morgan fingerprint density at radius 1 is 1.29 bits per heavy atom. The van der Waals surface area contributed by atoms with Crippen LogP contribution in [0.25, 0.3) is 0 Å². The molecule has 0 aromatic heterocycles. The van der Waals surface area contributed by atoms with Gasteiger partial charge in [-0.15, -0.1) is 0 Å². The van der Waals surface area contributed by atoms with Crippen LogP contribution < -0.4 is 5.73 Å². The topological polar surface area (TPSA) is 26.0 Å². The zero-order valence-electron chi connectivity index (χ0n) is 4.31. The van der Waals surface area contributed by atoms with Crippen molar-refractivity contribution >= 4 is 11.8 Å². The fourth-order valence-electron chi connectivity index (χ4n) is 0.634. The van der Waals surface area contributed by atoms with Crippen molar-refractivity contribution in [2.75, 3.05) is 11.5 Å². The van der Waals surface area contributed by atoms with E-state index in [1.165, 1.54) is 17.5 Å². The van der Waals surface area contributed by atoms with Crippen molar-refractivity contribution in [3.05, 3.63) is 6.04 Å². The molecule has 1 heterocycles. The molecule has 0 bridgehead atoms. The Labute approximate surface area is 48.7 Å². The van der Waals surface area contributed by atoms with Gasteiger partial charge < -0.3 is 5.73 Å². The predicted molar refractivity (Wildman–Crippen MR) is 34.0 cm³/mol. The number of nitrogens with two attached hydrogens (primary N) is 1. The highest BCUT2D eigenvalue weighted by molar-refractivity contribution is 7.99. The summed E-state index contributed by atoms with van der Waals surface area (Å²) in [5.74, 6) is 2.48. The van der Waals surface area contributed by atoms with Gasteiger partial charge in [0.05, 0.1) is 0 Å². The molecule has 0 spiro atoms. The molecule has 7 heavy (non-hydrogen) atoms. The summed E-state index contributed by atoms with van der Waals surface area (Å²) in [5, 5.41) is 0. The molecule has 1 aliphatic heterocycles. The van der Waals surface area contributed by atoms with Crippen LogP contribution >= 0.6 is 11.8 Å². The minimum atomic E-state index is 1.14. The van der Waals surface area contributed by atoms with E-state index in [4.69, 9.17) is 5.73 Å². The molecule has 0 amide bonds. The van der Waals surface area contributed by atoms with Crippen LogP contribution in [0.3, 0.4) is 0 Å². The molecule has 1 rings (SSSR count). The van der Waals surface area contributed by atoms with Crippen LogP contribution in [0.2, 0.25) is 0 Å². The summed E-state index contributed by atoms with van der Waals surface area (Å²) in [6, 6.07) is 1.19. The molecule has 2 heteroatoms. The van der Waals surface area contributed by atoms with Gasteiger partial charge in [0.2, 0.25) is 0 Å². The summed E-state index contributed by atoms with van der Waals surface area (Å²) in [4.78, 5) is 0. The van der Waals surface area contributed by atoms with Crippen molar-refractivity contribution in [2.45, 2.75) is 12.8 Å². The van der Waals surface area contributed by atoms with Gasteiger partial charge in [-0.2, -0.15) is 11.8 Å². The first-order valence-corrected chi connectivity index (χ1v) is 3.73. The largest absolute Gasteiger partial charge is 0.323 e. The van der Waals surface area contributed by atoms with Crippen molar-refractivity contribution in [1.82, 2.24) is 0 Å². The molecule has 1 aliphatic rings. The molecule has 1 fully saturated rings. The van der Waals surface area contributed by atoms with Gasteiger partial charge in [-0.3, -0.25) is 0 Å². The Hall–Kier alpha value is 0.310. The molecule has 1 radical (unpaired) electrons. The van der Waals surface area contributed by atoms with Gasteiger partial charge in [-0.05, 0) is 24.3 Å². The lowest BCUT2D eigenvalue weighted by Gasteiger charge is -2.14. The van der Waals surface area contributed by atoms with Gasteiger partial charge in [0.1, 0.15) is 0 Å². The first kappa shape index (κ1) is 5.45. The summed E-state index contributed by atoms with van der Waals surface area (Å²) < 4.78 is 0. The Kier molecular flexibility index (Phi) is 2.00. The Morgan fingerprint density at radius 3 is 2.14 bits per heavy atom. The number of thioether (sulfide) groups is 1. The first-order chi connectivity index (χ1) is 3.39. The van der Waals surface area contributed by atoms with Gasteiger partial charge in [0.15, 0.2) is 0 Å². The van der Waals surface area contributed by atoms with E-state index in [2.05, 4.69) is 0 Å². The fourth-order valence-corrected chi connectivity index (χ4v) is 1.65. The SMILES string of the molecule is N[C]1CCSCC1. The Balaban J connectivity index is 2.12. The second-order valence-corrected chi connectivity index (χ2v) is 3.00. The van der Waals surface area contributed by atoms with E-state index in [1.54, 1.807) is 0 Å². The second kappa shape index (κ2) is 2.58. The van der Waals surface area contributed by atoms with E-state index in [9.17, 15) is 0 Å². The molecule has 41 valence electrons. The maximum absolute atomic E-state index is 5.54. The molecule has 1 nitrogen and oxygen atoms in total. The molecule has 0 atom stereocenters. The molecule has 1 saturated heterocycles. The minimum Gasteiger partial charge on any atom is -0.323 e. The summed E-state index contributed by atoms with van der Waals surface area (Å²) in [7, 11) is 0. The van der Waals surface area contributed by atoms with E-state index in [0.29, 0.717) is 0 Å². The zero-order chi connectivity index (χ0) is 5.11. The van der Waals surface area contributed by atoms with E-state index >= 15 is 0 Å². The lowest BCUT2D eigenvalue weighted by molar-refractivity contribution is 0.785. The van der Waals surface area contributed by atoms with Gasteiger partial charge in [-0.1, -0.05) is 0 Å². The van der Waals surface area contributed by atoms with Crippen LogP contribution in [0, 0.1) is 6.04 Å². The highest BCUT2D eigenvalue weighted by Crippen LogP contribution is 2.19. The van der Waals surface area contributed by atoms with Gasteiger partial charge in [0, 0.05) is 6.04 Å². The molecule has 0 saturated carbocycles. The maximum atomic E-state index is 5.54. The summed E-state index contributed by atoms with van der Waals surface area (Å²) in [6.45, 7) is 0. The van der Waals surface area contributed by atoms with Crippen molar-refractivity contribution in [1.29, 1.82) is 0 Å². The normalized spacial score (nSPS) is 25.3. The lowest BCUT2D eigenvalue weighted by Crippen LogP contribution is -2.15. The molecule has 0 aromatic rings. The third-order valence-electron chi connectivity index (χ3n) is 1.14. The van der Waals surface area contributed by atoms with Gasteiger partial charge >= 0.3 is 0 Å². The Bertz CT molecular complexity index is 50.0. The van der Waals surface area contributed by atoms with Crippen molar-refractivity contribution in [3.63, 3.8) is 0 Å². The van der Waals surface area contributed by atoms with Crippen LogP contribution in [0.15, 0.2) is 0 Å². The Morgan fingerprint density at radius 2 is 1.86 bits per heavy atom. The predicted octanol–water partition coefficient (Wildman–Crippen LogP) is 1.00. The number of hydrogen-bond donors (Lipinski definition) is 1. The molecular weight excluding hydrogens is 106 g/mol. The van der Waals surface area contributed by atoms with E-state index in [-0.39, 0.29) is 0 Å². The standard InChI is InChI=1S/C5H10NS/c6-5-1-3-7-4-2-5/h1-4,6H2. The second-order valence-electron chi connectivity index (χ2n) is 1.77. The highest BCUT2D eigenvalue weighted by Gasteiger charge is 2.07. The first-order valence-electron chi connectivity index (χ1n) is 2.57. The third-order valence-corrected chi connectivity index (χ3v) is 2.12. The van der Waals surface area contributed by atoms with Crippen LogP contribution in [0.1, 0.15) is 12.8 Å². The van der Waals surface area contributed by atoms with Crippen molar-refractivity contribution in [3.8, 4) is 0 Å². The fraction of sp³-hybridized carbons (Fsp3) is 0.800. The van der Waals surface area contributed by atoms with Crippen LogP contribution in [-0.4, -0.2) is 11.5 Å². The smallest absolute Gasteiger partial charge is 0.0353 e. The monoisotopic (exact) mass is 116 g/mol.